The Bertz CT molecular complexity index is 312. The summed E-state index contributed by atoms with van der Waals surface area (Å²) in [7, 11) is 0. The van der Waals surface area contributed by atoms with Gasteiger partial charge in [-0.15, -0.1) is 0 Å². The van der Waals surface area contributed by atoms with Crippen molar-refractivity contribution < 1.29 is 13.2 Å². The summed E-state index contributed by atoms with van der Waals surface area (Å²) in [6.45, 7) is 0. The second kappa shape index (κ2) is 3.41. The average molecular weight is 209 g/mol. The number of nitrogens with two attached hydrogens (primary N) is 1. The summed E-state index contributed by atoms with van der Waals surface area (Å²) in [4.78, 5) is 6.87. The van der Waals surface area contributed by atoms with Crippen LogP contribution in [-0.4, -0.2) is 16.2 Å². The number of nitrogen functional groups attached to an aromatic ring is 1. The minimum Gasteiger partial charge on any atom is -0.384 e. The summed E-state index contributed by atoms with van der Waals surface area (Å²) in [6.07, 6.45) is -2.89. The zero-order valence-corrected chi connectivity index (χ0v) is 7.41. The maximum Gasteiger partial charge on any atom is 0.433 e. The van der Waals surface area contributed by atoms with Crippen LogP contribution in [0.15, 0.2) is 11.2 Å². The Kier molecular flexibility index (Phi) is 2.65. The first-order valence-electron chi connectivity index (χ1n) is 3.19. The van der Waals surface area contributed by atoms with E-state index in [1.807, 2.05) is 0 Å². The van der Waals surface area contributed by atoms with Crippen molar-refractivity contribution in [1.82, 2.24) is 9.97 Å². The molecular formula is C6H6F3N3S. The molecule has 0 aliphatic heterocycles. The van der Waals surface area contributed by atoms with Gasteiger partial charge >= 0.3 is 6.18 Å². The number of nitrogens with zero attached hydrogens (tertiary/aromatic N) is 2. The molecule has 0 saturated carbocycles. The Balaban J connectivity index is 3.16. The molecular weight excluding hydrogens is 203 g/mol. The highest BCUT2D eigenvalue weighted by Crippen LogP contribution is 2.29. The van der Waals surface area contributed by atoms with Crippen LogP contribution < -0.4 is 5.73 Å². The summed E-state index contributed by atoms with van der Waals surface area (Å²) in [5, 5.41) is 0.0207. The quantitative estimate of drug-likeness (QED) is 0.566. The van der Waals surface area contributed by atoms with Gasteiger partial charge in [-0.3, -0.25) is 0 Å². The molecule has 0 spiro atoms. The largest absolute Gasteiger partial charge is 0.433 e. The van der Waals surface area contributed by atoms with Crippen molar-refractivity contribution >= 4 is 17.6 Å². The van der Waals surface area contributed by atoms with Gasteiger partial charge in [0.2, 0.25) is 0 Å². The molecule has 3 nitrogen and oxygen atoms in total. The van der Waals surface area contributed by atoms with Crippen LogP contribution in [0, 0.1) is 0 Å². The van der Waals surface area contributed by atoms with Crippen molar-refractivity contribution in [3.63, 3.8) is 0 Å². The number of thioether (sulfide) groups is 1. The van der Waals surface area contributed by atoms with Crippen molar-refractivity contribution in [3.05, 3.63) is 11.8 Å². The van der Waals surface area contributed by atoms with Crippen molar-refractivity contribution in [2.24, 2.45) is 0 Å². The predicted octanol–water partition coefficient (Wildman–Crippen LogP) is 1.80. The zero-order chi connectivity index (χ0) is 10.1. The fraction of sp³-hybridized carbons (Fsp3) is 0.333. The van der Waals surface area contributed by atoms with Crippen LogP contribution in [0.5, 0.6) is 0 Å². The molecule has 13 heavy (non-hydrogen) atoms. The van der Waals surface area contributed by atoms with Gasteiger partial charge in [0.25, 0.3) is 0 Å². The normalized spacial score (nSPS) is 11.7. The molecule has 0 aliphatic carbocycles. The first-order chi connectivity index (χ1) is 5.93. The summed E-state index contributed by atoms with van der Waals surface area (Å²) < 4.78 is 36.4. The lowest BCUT2D eigenvalue weighted by Crippen LogP contribution is -2.10. The van der Waals surface area contributed by atoms with Gasteiger partial charge in [0.15, 0.2) is 10.9 Å². The van der Waals surface area contributed by atoms with E-state index in [-0.39, 0.29) is 11.0 Å². The van der Waals surface area contributed by atoms with Crippen LogP contribution >= 0.6 is 11.8 Å². The summed E-state index contributed by atoms with van der Waals surface area (Å²) >= 11 is 1.01. The van der Waals surface area contributed by atoms with Crippen LogP contribution in [0.25, 0.3) is 0 Å². The second-order valence-corrected chi connectivity index (χ2v) is 2.94. The van der Waals surface area contributed by atoms with Crippen molar-refractivity contribution in [2.75, 3.05) is 12.0 Å². The molecule has 0 unspecified atom stereocenters. The highest BCUT2D eigenvalue weighted by molar-refractivity contribution is 7.98. The predicted molar refractivity (Wildman–Crippen MR) is 43.2 cm³/mol. The number of alkyl halides is 3. The van der Waals surface area contributed by atoms with Gasteiger partial charge in [-0.2, -0.15) is 13.2 Å². The first kappa shape index (κ1) is 10.1. The third kappa shape index (κ3) is 2.48. The summed E-state index contributed by atoms with van der Waals surface area (Å²) in [5.74, 6) is -0.174. The third-order valence-corrected chi connectivity index (χ3v) is 1.75. The maximum atomic E-state index is 12.1. The molecule has 7 heteroatoms. The number of aromatic nitrogens is 2. The van der Waals surface area contributed by atoms with Crippen molar-refractivity contribution in [2.45, 2.75) is 11.3 Å². The topological polar surface area (TPSA) is 51.8 Å². The minimum absolute atomic E-state index is 0.0207. The molecule has 2 N–H and O–H groups in total. The van der Waals surface area contributed by atoms with Crippen LogP contribution in [0.3, 0.4) is 0 Å². The Morgan fingerprint density at radius 2 is 2.00 bits per heavy atom. The smallest absolute Gasteiger partial charge is 0.384 e. The van der Waals surface area contributed by atoms with E-state index in [4.69, 9.17) is 5.73 Å². The Morgan fingerprint density at radius 1 is 1.38 bits per heavy atom. The molecule has 1 rings (SSSR count). The second-order valence-electron chi connectivity index (χ2n) is 2.16. The standard InChI is InChI=1S/C6H6F3N3S/c1-13-5-11-3(6(7,8)9)2-4(10)12-5/h2H,1H3,(H2,10,11,12). The van der Waals surface area contributed by atoms with Gasteiger partial charge in [-0.25, -0.2) is 9.97 Å². The van der Waals surface area contributed by atoms with Gasteiger partial charge < -0.3 is 5.73 Å². The first-order valence-corrected chi connectivity index (χ1v) is 4.41. The number of halogens is 3. The maximum absolute atomic E-state index is 12.1. The lowest BCUT2D eigenvalue weighted by molar-refractivity contribution is -0.141. The zero-order valence-electron chi connectivity index (χ0n) is 6.59. The molecule has 72 valence electrons. The Labute approximate surface area is 76.6 Å². The fourth-order valence-electron chi connectivity index (χ4n) is 0.680. The molecule has 0 bridgehead atoms. The number of hydrogen-bond donors (Lipinski definition) is 1. The molecule has 1 aromatic heterocycles. The number of anilines is 1. The summed E-state index contributed by atoms with van der Waals surface area (Å²) in [5.41, 5.74) is 4.16. The number of rotatable bonds is 1. The number of hydrogen-bond acceptors (Lipinski definition) is 4. The molecule has 0 fully saturated rings. The Hall–Kier alpha value is -0.980. The van der Waals surface area contributed by atoms with E-state index in [0.717, 1.165) is 11.8 Å². The van der Waals surface area contributed by atoms with E-state index in [0.29, 0.717) is 6.07 Å². The SMILES string of the molecule is CSc1nc(N)cc(C(F)(F)F)n1. The van der Waals surface area contributed by atoms with Crippen molar-refractivity contribution in [3.8, 4) is 0 Å². The van der Waals surface area contributed by atoms with Gasteiger partial charge in [-0.05, 0) is 6.26 Å². The van der Waals surface area contributed by atoms with Gasteiger partial charge in [-0.1, -0.05) is 11.8 Å². The van der Waals surface area contributed by atoms with Gasteiger partial charge in [0.05, 0.1) is 0 Å². The van der Waals surface area contributed by atoms with E-state index in [9.17, 15) is 13.2 Å². The monoisotopic (exact) mass is 209 g/mol. The molecule has 0 aliphatic rings. The molecule has 0 amide bonds. The van der Waals surface area contributed by atoms with Crippen LogP contribution in [0.4, 0.5) is 19.0 Å². The molecule has 0 atom stereocenters. The van der Waals surface area contributed by atoms with Gasteiger partial charge in [0.1, 0.15) is 5.82 Å². The van der Waals surface area contributed by atoms with E-state index >= 15 is 0 Å². The highest BCUT2D eigenvalue weighted by atomic mass is 32.2. The van der Waals surface area contributed by atoms with E-state index in [2.05, 4.69) is 9.97 Å². The molecule has 0 radical (unpaired) electrons. The molecule has 1 heterocycles. The van der Waals surface area contributed by atoms with Crippen LogP contribution in [0.2, 0.25) is 0 Å². The van der Waals surface area contributed by atoms with Gasteiger partial charge in [0, 0.05) is 6.07 Å². The molecule has 0 aromatic carbocycles. The van der Waals surface area contributed by atoms with Crippen molar-refractivity contribution in [1.29, 1.82) is 0 Å². The van der Waals surface area contributed by atoms with E-state index < -0.39 is 11.9 Å². The lowest BCUT2D eigenvalue weighted by atomic mass is 10.4. The molecule has 1 aromatic rings. The van der Waals surface area contributed by atoms with E-state index in [1.165, 1.54) is 0 Å². The average Bonchev–Trinajstić information content (AvgIpc) is 2.01. The third-order valence-electron chi connectivity index (χ3n) is 1.20. The lowest BCUT2D eigenvalue weighted by Gasteiger charge is -2.06. The Morgan fingerprint density at radius 3 is 2.46 bits per heavy atom. The van der Waals surface area contributed by atoms with Crippen LogP contribution in [0.1, 0.15) is 5.69 Å². The highest BCUT2D eigenvalue weighted by Gasteiger charge is 2.33. The molecule has 0 saturated heterocycles. The van der Waals surface area contributed by atoms with Crippen LogP contribution in [-0.2, 0) is 6.18 Å². The summed E-state index contributed by atoms with van der Waals surface area (Å²) in [6, 6.07) is 0.708. The fourth-order valence-corrected chi connectivity index (χ4v) is 1.07. The minimum atomic E-state index is -4.47. The van der Waals surface area contributed by atoms with E-state index in [1.54, 1.807) is 6.26 Å².